The van der Waals surface area contributed by atoms with Crippen LogP contribution in [0.1, 0.15) is 42.3 Å². The van der Waals surface area contributed by atoms with Gasteiger partial charge in [0.05, 0.1) is 17.8 Å². The average Bonchev–Trinajstić information content (AvgIpc) is 2.54. The SMILES string of the molecule is Cc1c(F)cc(C(=O)O)cc1C1=CC=C(NCC(C)(C)C)CN1C=O. The molecule has 0 saturated heterocycles. The number of aromatic carboxylic acids is 1. The number of amides is 1. The van der Waals surface area contributed by atoms with Crippen LogP contribution in [0, 0.1) is 18.2 Å². The van der Waals surface area contributed by atoms with Crippen LogP contribution in [0.3, 0.4) is 0 Å². The highest BCUT2D eigenvalue weighted by Gasteiger charge is 2.22. The van der Waals surface area contributed by atoms with Crippen molar-refractivity contribution >= 4 is 18.1 Å². The molecule has 1 heterocycles. The molecule has 5 nitrogen and oxygen atoms in total. The Balaban J connectivity index is 2.40. The van der Waals surface area contributed by atoms with Crippen molar-refractivity contribution < 1.29 is 19.1 Å². The first-order chi connectivity index (χ1) is 11.6. The first-order valence-electron chi connectivity index (χ1n) is 8.03. The Hall–Kier alpha value is -2.63. The van der Waals surface area contributed by atoms with E-state index >= 15 is 0 Å². The lowest BCUT2D eigenvalue weighted by Gasteiger charge is -2.29. The standard InChI is InChI=1S/C19H23FN2O3/c1-12-15(7-13(18(24)25)8-16(12)20)17-6-5-14(9-22(17)11-23)21-10-19(2,3)4/h5-8,11,21H,9-10H2,1-4H3,(H,24,25). The van der Waals surface area contributed by atoms with Gasteiger partial charge >= 0.3 is 5.97 Å². The second-order valence-electron chi connectivity index (χ2n) is 7.33. The Morgan fingerprint density at radius 2 is 2.04 bits per heavy atom. The van der Waals surface area contributed by atoms with E-state index in [0.29, 0.717) is 29.8 Å². The molecule has 2 N–H and O–H groups in total. The lowest BCUT2D eigenvalue weighted by Crippen LogP contribution is -2.34. The fraction of sp³-hybridized carbons (Fsp3) is 0.368. The van der Waals surface area contributed by atoms with Crippen molar-refractivity contribution in [2.45, 2.75) is 27.7 Å². The molecule has 2 rings (SSSR count). The quantitative estimate of drug-likeness (QED) is 0.804. The lowest BCUT2D eigenvalue weighted by atomic mass is 9.96. The zero-order chi connectivity index (χ0) is 18.8. The number of benzene rings is 1. The van der Waals surface area contributed by atoms with Crippen molar-refractivity contribution in [3.8, 4) is 0 Å². The summed E-state index contributed by atoms with van der Waals surface area (Å²) in [4.78, 5) is 24.2. The molecule has 1 aliphatic heterocycles. The number of halogens is 1. The van der Waals surface area contributed by atoms with Crippen LogP contribution >= 0.6 is 0 Å². The first-order valence-corrected chi connectivity index (χ1v) is 8.03. The molecular weight excluding hydrogens is 323 g/mol. The molecule has 0 atom stereocenters. The van der Waals surface area contributed by atoms with Crippen LogP contribution in [-0.2, 0) is 4.79 Å². The van der Waals surface area contributed by atoms with E-state index < -0.39 is 11.8 Å². The third kappa shape index (κ3) is 4.47. The molecule has 1 aromatic rings. The number of carbonyl (C=O) groups is 2. The van der Waals surface area contributed by atoms with Crippen molar-refractivity contribution in [1.82, 2.24) is 10.2 Å². The minimum Gasteiger partial charge on any atom is -0.478 e. The highest BCUT2D eigenvalue weighted by atomic mass is 19.1. The highest BCUT2D eigenvalue weighted by Crippen LogP contribution is 2.28. The van der Waals surface area contributed by atoms with E-state index in [2.05, 4.69) is 26.1 Å². The highest BCUT2D eigenvalue weighted by molar-refractivity contribution is 5.90. The fourth-order valence-corrected chi connectivity index (χ4v) is 2.50. The molecule has 0 unspecified atom stereocenters. The van der Waals surface area contributed by atoms with Gasteiger partial charge in [-0.05, 0) is 42.2 Å². The van der Waals surface area contributed by atoms with Crippen LogP contribution in [0.4, 0.5) is 4.39 Å². The molecule has 0 saturated carbocycles. The number of carbonyl (C=O) groups excluding carboxylic acids is 1. The Kier molecular flexibility index (Phi) is 5.30. The van der Waals surface area contributed by atoms with Gasteiger partial charge < -0.3 is 15.3 Å². The van der Waals surface area contributed by atoms with Gasteiger partial charge in [0, 0.05) is 17.8 Å². The van der Waals surface area contributed by atoms with E-state index in [9.17, 15) is 14.0 Å². The average molecular weight is 346 g/mol. The number of nitrogens with zero attached hydrogens (tertiary/aromatic N) is 1. The predicted molar refractivity (Wildman–Crippen MR) is 94.4 cm³/mol. The number of hydrogen-bond donors (Lipinski definition) is 2. The molecule has 0 aliphatic carbocycles. The molecular formula is C19H23FN2O3. The maximum absolute atomic E-state index is 14.1. The zero-order valence-corrected chi connectivity index (χ0v) is 14.9. The van der Waals surface area contributed by atoms with Gasteiger partial charge in [-0.1, -0.05) is 20.8 Å². The number of rotatable bonds is 5. The van der Waals surface area contributed by atoms with Gasteiger partial charge in [-0.25, -0.2) is 9.18 Å². The largest absolute Gasteiger partial charge is 0.478 e. The van der Waals surface area contributed by atoms with E-state index in [0.717, 1.165) is 18.3 Å². The van der Waals surface area contributed by atoms with Gasteiger partial charge in [0.1, 0.15) is 5.82 Å². The fourth-order valence-electron chi connectivity index (χ4n) is 2.50. The topological polar surface area (TPSA) is 69.6 Å². The number of hydrogen-bond acceptors (Lipinski definition) is 3. The lowest BCUT2D eigenvalue weighted by molar-refractivity contribution is -0.115. The summed E-state index contributed by atoms with van der Waals surface area (Å²) in [6.07, 6.45) is 4.21. The van der Waals surface area contributed by atoms with Gasteiger partial charge in [0.25, 0.3) is 0 Å². The van der Waals surface area contributed by atoms with E-state index in [1.54, 1.807) is 13.0 Å². The van der Waals surface area contributed by atoms with Gasteiger partial charge in [-0.2, -0.15) is 0 Å². The number of carboxylic acids is 1. The second-order valence-corrected chi connectivity index (χ2v) is 7.33. The van der Waals surface area contributed by atoms with Crippen molar-refractivity contribution in [2.75, 3.05) is 13.1 Å². The third-order valence-electron chi connectivity index (χ3n) is 3.93. The van der Waals surface area contributed by atoms with Crippen molar-refractivity contribution in [2.24, 2.45) is 5.41 Å². The molecule has 0 spiro atoms. The smallest absolute Gasteiger partial charge is 0.335 e. The van der Waals surface area contributed by atoms with Gasteiger partial charge in [0.2, 0.25) is 6.41 Å². The minimum atomic E-state index is -1.21. The summed E-state index contributed by atoms with van der Waals surface area (Å²) in [6.45, 7) is 8.95. The second kappa shape index (κ2) is 7.09. The summed E-state index contributed by atoms with van der Waals surface area (Å²) < 4.78 is 14.1. The molecule has 134 valence electrons. The van der Waals surface area contributed by atoms with Crippen molar-refractivity contribution in [3.05, 3.63) is 52.5 Å². The summed E-state index contributed by atoms with van der Waals surface area (Å²) >= 11 is 0. The molecule has 0 bridgehead atoms. The van der Waals surface area contributed by atoms with Crippen LogP contribution in [0.2, 0.25) is 0 Å². The molecule has 25 heavy (non-hydrogen) atoms. The number of allylic oxidation sites excluding steroid dienone is 2. The van der Waals surface area contributed by atoms with Gasteiger partial charge in [-0.15, -0.1) is 0 Å². The molecule has 0 aromatic heterocycles. The maximum atomic E-state index is 14.1. The van der Waals surface area contributed by atoms with Crippen LogP contribution in [0.25, 0.3) is 5.70 Å². The summed E-state index contributed by atoms with van der Waals surface area (Å²) in [5, 5.41) is 12.4. The molecule has 6 heteroatoms. The number of carboxylic acid groups (broad SMARTS) is 1. The van der Waals surface area contributed by atoms with Gasteiger partial charge in [-0.3, -0.25) is 4.79 Å². The molecule has 0 fully saturated rings. The zero-order valence-electron chi connectivity index (χ0n) is 14.9. The molecule has 1 aliphatic rings. The summed E-state index contributed by atoms with van der Waals surface area (Å²) in [7, 11) is 0. The van der Waals surface area contributed by atoms with Crippen LogP contribution in [0.5, 0.6) is 0 Å². The van der Waals surface area contributed by atoms with Crippen LogP contribution in [-0.4, -0.2) is 35.5 Å². The van der Waals surface area contributed by atoms with Crippen molar-refractivity contribution in [3.63, 3.8) is 0 Å². The Bertz CT molecular complexity index is 761. The normalized spacial score (nSPS) is 14.7. The number of nitrogens with one attached hydrogen (secondary N) is 1. The predicted octanol–water partition coefficient (Wildman–Crippen LogP) is 3.16. The summed E-state index contributed by atoms with van der Waals surface area (Å²) in [6, 6.07) is 2.38. The van der Waals surface area contributed by atoms with Crippen LogP contribution < -0.4 is 5.32 Å². The molecule has 1 aromatic carbocycles. The Labute approximate surface area is 146 Å². The van der Waals surface area contributed by atoms with E-state index in [-0.39, 0.29) is 11.0 Å². The first kappa shape index (κ1) is 18.7. The summed E-state index contributed by atoms with van der Waals surface area (Å²) in [5.41, 5.74) is 2.00. The minimum absolute atomic E-state index is 0.0897. The summed E-state index contributed by atoms with van der Waals surface area (Å²) in [5.74, 6) is -1.82. The Morgan fingerprint density at radius 1 is 1.36 bits per heavy atom. The third-order valence-corrected chi connectivity index (χ3v) is 3.93. The monoisotopic (exact) mass is 346 g/mol. The van der Waals surface area contributed by atoms with Gasteiger partial charge in [0.15, 0.2) is 0 Å². The molecule has 0 radical (unpaired) electrons. The van der Waals surface area contributed by atoms with E-state index in [1.165, 1.54) is 11.0 Å². The Morgan fingerprint density at radius 3 is 2.60 bits per heavy atom. The van der Waals surface area contributed by atoms with E-state index in [1.807, 2.05) is 6.08 Å². The van der Waals surface area contributed by atoms with E-state index in [4.69, 9.17) is 5.11 Å². The maximum Gasteiger partial charge on any atom is 0.335 e. The van der Waals surface area contributed by atoms with Crippen molar-refractivity contribution in [1.29, 1.82) is 0 Å². The molecule has 1 amide bonds. The van der Waals surface area contributed by atoms with Crippen LogP contribution in [0.15, 0.2) is 30.0 Å².